The maximum absolute atomic E-state index is 3.68. The highest BCUT2D eigenvalue weighted by molar-refractivity contribution is 7.98. The summed E-state index contributed by atoms with van der Waals surface area (Å²) in [5, 5.41) is 3.68. The number of nitrogens with one attached hydrogen (secondary N) is 1. The van der Waals surface area contributed by atoms with Gasteiger partial charge in [-0.15, -0.1) is 24.2 Å². The second-order valence-electron chi connectivity index (χ2n) is 5.10. The van der Waals surface area contributed by atoms with Crippen molar-refractivity contribution in [2.75, 3.05) is 6.26 Å². The summed E-state index contributed by atoms with van der Waals surface area (Å²) in [7, 11) is 0. The predicted molar refractivity (Wildman–Crippen MR) is 89.9 cm³/mol. The Labute approximate surface area is 131 Å². The normalized spacial score (nSPS) is 13.8. The molecule has 0 atom stereocenters. The standard InChI is InChI=1S/C17H19NS.ClH/c1-19-17-8-6-13(7-9-17)12-18-16-10-14-4-2-3-5-15(14)11-16;/h2-9,16,18H,10-12H2,1H3;1H. The van der Waals surface area contributed by atoms with E-state index < -0.39 is 0 Å². The summed E-state index contributed by atoms with van der Waals surface area (Å²) in [4.78, 5) is 1.33. The van der Waals surface area contributed by atoms with Gasteiger partial charge in [0.05, 0.1) is 0 Å². The number of rotatable bonds is 4. The second-order valence-corrected chi connectivity index (χ2v) is 5.98. The third-order valence-electron chi connectivity index (χ3n) is 3.80. The molecule has 0 saturated heterocycles. The van der Waals surface area contributed by atoms with Crippen molar-refractivity contribution in [3.05, 3.63) is 65.2 Å². The van der Waals surface area contributed by atoms with E-state index in [0.717, 1.165) is 6.54 Å². The van der Waals surface area contributed by atoms with Gasteiger partial charge in [0.15, 0.2) is 0 Å². The summed E-state index contributed by atoms with van der Waals surface area (Å²) < 4.78 is 0. The van der Waals surface area contributed by atoms with E-state index in [9.17, 15) is 0 Å². The maximum Gasteiger partial charge on any atom is 0.0208 e. The summed E-state index contributed by atoms with van der Waals surface area (Å²) >= 11 is 1.79. The van der Waals surface area contributed by atoms with Crippen LogP contribution in [0.1, 0.15) is 16.7 Å². The zero-order valence-electron chi connectivity index (χ0n) is 11.6. The van der Waals surface area contributed by atoms with Gasteiger partial charge in [0, 0.05) is 17.5 Å². The van der Waals surface area contributed by atoms with Crippen LogP contribution in [0, 0.1) is 0 Å². The Kier molecular flexibility index (Phi) is 5.53. The minimum absolute atomic E-state index is 0. The fourth-order valence-corrected chi connectivity index (χ4v) is 3.12. The van der Waals surface area contributed by atoms with Gasteiger partial charge in [-0.05, 0) is 47.9 Å². The number of thioether (sulfide) groups is 1. The van der Waals surface area contributed by atoms with Crippen molar-refractivity contribution in [1.29, 1.82) is 0 Å². The molecule has 0 bridgehead atoms. The highest BCUT2D eigenvalue weighted by Crippen LogP contribution is 2.22. The van der Waals surface area contributed by atoms with Gasteiger partial charge in [0.2, 0.25) is 0 Å². The molecule has 3 rings (SSSR count). The van der Waals surface area contributed by atoms with E-state index in [1.807, 2.05) is 0 Å². The van der Waals surface area contributed by atoms with Crippen LogP contribution < -0.4 is 5.32 Å². The first-order valence-corrected chi connectivity index (χ1v) is 8.01. The Morgan fingerprint density at radius 1 is 1.00 bits per heavy atom. The van der Waals surface area contributed by atoms with Gasteiger partial charge in [-0.3, -0.25) is 0 Å². The summed E-state index contributed by atoms with van der Waals surface area (Å²) in [5.74, 6) is 0. The number of benzene rings is 2. The number of fused-ring (bicyclic) bond motifs is 1. The number of hydrogen-bond acceptors (Lipinski definition) is 2. The molecule has 3 heteroatoms. The Morgan fingerprint density at radius 3 is 2.15 bits per heavy atom. The van der Waals surface area contributed by atoms with Crippen LogP contribution in [-0.4, -0.2) is 12.3 Å². The average Bonchev–Trinajstić information content (AvgIpc) is 2.88. The van der Waals surface area contributed by atoms with Crippen molar-refractivity contribution in [1.82, 2.24) is 5.32 Å². The third-order valence-corrected chi connectivity index (χ3v) is 4.55. The molecule has 1 nitrogen and oxygen atoms in total. The fourth-order valence-electron chi connectivity index (χ4n) is 2.71. The summed E-state index contributed by atoms with van der Waals surface area (Å²) in [6.07, 6.45) is 4.45. The minimum Gasteiger partial charge on any atom is -0.309 e. The van der Waals surface area contributed by atoms with E-state index in [1.165, 1.54) is 34.4 Å². The lowest BCUT2D eigenvalue weighted by Crippen LogP contribution is -2.28. The van der Waals surface area contributed by atoms with E-state index in [2.05, 4.69) is 60.1 Å². The van der Waals surface area contributed by atoms with Crippen molar-refractivity contribution in [3.8, 4) is 0 Å². The zero-order valence-corrected chi connectivity index (χ0v) is 13.3. The molecule has 0 fully saturated rings. The lowest BCUT2D eigenvalue weighted by atomic mass is 10.1. The van der Waals surface area contributed by atoms with E-state index in [-0.39, 0.29) is 12.4 Å². The van der Waals surface area contributed by atoms with Crippen LogP contribution in [0.25, 0.3) is 0 Å². The molecule has 0 radical (unpaired) electrons. The van der Waals surface area contributed by atoms with E-state index in [4.69, 9.17) is 0 Å². The van der Waals surface area contributed by atoms with Crippen molar-refractivity contribution >= 4 is 24.2 Å². The van der Waals surface area contributed by atoms with Crippen molar-refractivity contribution < 1.29 is 0 Å². The van der Waals surface area contributed by atoms with E-state index in [1.54, 1.807) is 11.8 Å². The molecule has 1 aliphatic rings. The van der Waals surface area contributed by atoms with Crippen molar-refractivity contribution in [2.45, 2.75) is 30.3 Å². The largest absolute Gasteiger partial charge is 0.309 e. The second kappa shape index (κ2) is 7.16. The Hall–Kier alpha value is -0.960. The minimum atomic E-state index is 0. The first-order chi connectivity index (χ1) is 9.35. The Bertz CT molecular complexity index is 528. The van der Waals surface area contributed by atoms with Gasteiger partial charge >= 0.3 is 0 Å². The van der Waals surface area contributed by atoms with Crippen LogP contribution in [0.4, 0.5) is 0 Å². The molecule has 0 aliphatic heterocycles. The fraction of sp³-hybridized carbons (Fsp3) is 0.294. The monoisotopic (exact) mass is 305 g/mol. The van der Waals surface area contributed by atoms with Gasteiger partial charge < -0.3 is 5.32 Å². The van der Waals surface area contributed by atoms with Gasteiger partial charge in [0.25, 0.3) is 0 Å². The lowest BCUT2D eigenvalue weighted by Gasteiger charge is -2.12. The first kappa shape index (κ1) is 15.4. The molecule has 0 spiro atoms. The highest BCUT2D eigenvalue weighted by atomic mass is 35.5. The average molecular weight is 306 g/mol. The predicted octanol–water partition coefficient (Wildman–Crippen LogP) is 4.09. The lowest BCUT2D eigenvalue weighted by molar-refractivity contribution is 0.533. The van der Waals surface area contributed by atoms with Crippen LogP contribution in [0.5, 0.6) is 0 Å². The molecule has 2 aromatic carbocycles. The van der Waals surface area contributed by atoms with Crippen LogP contribution in [0.2, 0.25) is 0 Å². The molecular formula is C17H20ClNS. The number of halogens is 1. The van der Waals surface area contributed by atoms with Crippen LogP contribution in [0.3, 0.4) is 0 Å². The maximum atomic E-state index is 3.68. The van der Waals surface area contributed by atoms with Gasteiger partial charge in [-0.2, -0.15) is 0 Å². The van der Waals surface area contributed by atoms with Gasteiger partial charge in [-0.25, -0.2) is 0 Å². The van der Waals surface area contributed by atoms with Crippen molar-refractivity contribution in [3.63, 3.8) is 0 Å². The molecule has 106 valence electrons. The molecule has 0 heterocycles. The molecule has 1 N–H and O–H groups in total. The highest BCUT2D eigenvalue weighted by Gasteiger charge is 2.19. The zero-order chi connectivity index (χ0) is 13.1. The van der Waals surface area contributed by atoms with E-state index >= 15 is 0 Å². The van der Waals surface area contributed by atoms with Crippen LogP contribution in [0.15, 0.2) is 53.4 Å². The van der Waals surface area contributed by atoms with E-state index in [0.29, 0.717) is 6.04 Å². The molecule has 2 aromatic rings. The summed E-state index contributed by atoms with van der Waals surface area (Å²) in [5.41, 5.74) is 4.39. The summed E-state index contributed by atoms with van der Waals surface area (Å²) in [6, 6.07) is 18.2. The molecule has 0 saturated carbocycles. The van der Waals surface area contributed by atoms with Crippen LogP contribution in [-0.2, 0) is 19.4 Å². The summed E-state index contributed by atoms with van der Waals surface area (Å²) in [6.45, 7) is 0.966. The van der Waals surface area contributed by atoms with Crippen molar-refractivity contribution in [2.24, 2.45) is 0 Å². The molecule has 20 heavy (non-hydrogen) atoms. The SMILES string of the molecule is CSc1ccc(CNC2Cc3ccccc3C2)cc1.Cl. The Morgan fingerprint density at radius 2 is 1.60 bits per heavy atom. The molecule has 0 aromatic heterocycles. The Balaban J connectivity index is 0.00000147. The molecular weight excluding hydrogens is 286 g/mol. The quantitative estimate of drug-likeness (QED) is 0.854. The van der Waals surface area contributed by atoms with Crippen LogP contribution >= 0.6 is 24.2 Å². The van der Waals surface area contributed by atoms with Gasteiger partial charge in [0.1, 0.15) is 0 Å². The molecule has 0 unspecified atom stereocenters. The number of hydrogen-bond donors (Lipinski definition) is 1. The topological polar surface area (TPSA) is 12.0 Å². The van der Waals surface area contributed by atoms with Gasteiger partial charge in [-0.1, -0.05) is 36.4 Å². The third kappa shape index (κ3) is 3.57. The smallest absolute Gasteiger partial charge is 0.0208 e. The molecule has 0 amide bonds. The first-order valence-electron chi connectivity index (χ1n) is 6.78. The molecule has 1 aliphatic carbocycles.